The smallest absolute Gasteiger partial charge is 0.0586 e. The number of halogens is 2. The van der Waals surface area contributed by atoms with Crippen molar-refractivity contribution < 1.29 is 5.11 Å². The summed E-state index contributed by atoms with van der Waals surface area (Å²) in [4.78, 5) is 2.34. The molecule has 0 saturated carbocycles. The fourth-order valence-corrected chi connectivity index (χ4v) is 1.69. The molecule has 1 aliphatic heterocycles. The summed E-state index contributed by atoms with van der Waals surface area (Å²) in [6.45, 7) is 3.27. The van der Waals surface area contributed by atoms with Gasteiger partial charge in [-0.3, -0.25) is 4.90 Å². The first-order valence-corrected chi connectivity index (χ1v) is 4.43. The molecule has 82 valence electrons. The molecule has 0 aromatic carbocycles. The third kappa shape index (κ3) is 5.03. The summed E-state index contributed by atoms with van der Waals surface area (Å²) in [5.74, 6) is 0. The van der Waals surface area contributed by atoms with Crippen molar-refractivity contribution in [3.05, 3.63) is 0 Å². The Morgan fingerprint density at radius 2 is 2.08 bits per heavy atom. The maximum atomic E-state index is 8.96. The van der Waals surface area contributed by atoms with Crippen molar-refractivity contribution in [3.8, 4) is 0 Å². The van der Waals surface area contributed by atoms with Crippen molar-refractivity contribution in [1.82, 2.24) is 4.90 Å². The summed E-state index contributed by atoms with van der Waals surface area (Å²) in [7, 11) is 0. The molecule has 3 nitrogen and oxygen atoms in total. The molecule has 1 saturated heterocycles. The lowest BCUT2D eigenvalue weighted by molar-refractivity contribution is 0.158. The molecule has 1 rings (SSSR count). The third-order valence-corrected chi connectivity index (χ3v) is 2.36. The van der Waals surface area contributed by atoms with E-state index in [4.69, 9.17) is 10.8 Å². The monoisotopic (exact) mass is 230 g/mol. The SMILES string of the molecule is Cl.Cl.NCCCN1CCCC1CO. The molecule has 13 heavy (non-hydrogen) atoms. The molecular weight excluding hydrogens is 211 g/mol. The summed E-state index contributed by atoms with van der Waals surface area (Å²) in [6, 6.07) is 0.418. The van der Waals surface area contributed by atoms with Gasteiger partial charge in [-0.25, -0.2) is 0 Å². The normalized spacial score (nSPS) is 22.2. The maximum Gasteiger partial charge on any atom is 0.0586 e. The van der Waals surface area contributed by atoms with Crippen molar-refractivity contribution in [2.75, 3.05) is 26.2 Å². The van der Waals surface area contributed by atoms with Gasteiger partial charge in [0.15, 0.2) is 0 Å². The van der Waals surface area contributed by atoms with Crippen LogP contribution in [-0.2, 0) is 0 Å². The average molecular weight is 231 g/mol. The highest BCUT2D eigenvalue weighted by atomic mass is 35.5. The Morgan fingerprint density at radius 3 is 2.62 bits per heavy atom. The highest BCUT2D eigenvalue weighted by Crippen LogP contribution is 2.15. The Kier molecular flexibility index (Phi) is 11.1. The topological polar surface area (TPSA) is 49.5 Å². The summed E-state index contributed by atoms with van der Waals surface area (Å²) >= 11 is 0. The van der Waals surface area contributed by atoms with Crippen LogP contribution in [0.25, 0.3) is 0 Å². The zero-order valence-corrected chi connectivity index (χ0v) is 9.45. The van der Waals surface area contributed by atoms with E-state index in [0.717, 1.165) is 32.5 Å². The van der Waals surface area contributed by atoms with Crippen LogP contribution in [-0.4, -0.2) is 42.3 Å². The van der Waals surface area contributed by atoms with Gasteiger partial charge in [-0.15, -0.1) is 24.8 Å². The predicted molar refractivity (Wildman–Crippen MR) is 59.8 cm³/mol. The fourth-order valence-electron chi connectivity index (χ4n) is 1.69. The zero-order chi connectivity index (χ0) is 8.10. The Hall–Kier alpha value is 0.460. The predicted octanol–water partition coefficient (Wildman–Crippen LogP) is 0.635. The summed E-state index contributed by atoms with van der Waals surface area (Å²) < 4.78 is 0. The van der Waals surface area contributed by atoms with Crippen molar-refractivity contribution >= 4 is 24.8 Å². The molecular formula is C8H20Cl2N2O. The highest BCUT2D eigenvalue weighted by molar-refractivity contribution is 5.85. The van der Waals surface area contributed by atoms with E-state index in [1.165, 1.54) is 6.42 Å². The molecule has 0 aliphatic carbocycles. The van der Waals surface area contributed by atoms with Crippen LogP contribution in [0.3, 0.4) is 0 Å². The Labute approximate surface area is 92.5 Å². The molecule has 0 spiro atoms. The first kappa shape index (κ1) is 15.9. The van der Waals surface area contributed by atoms with Crippen LogP contribution in [0.15, 0.2) is 0 Å². The summed E-state index contributed by atoms with van der Waals surface area (Å²) in [5.41, 5.74) is 5.40. The number of aliphatic hydroxyl groups excluding tert-OH is 1. The first-order valence-electron chi connectivity index (χ1n) is 4.43. The molecule has 1 heterocycles. The molecule has 1 aliphatic rings. The summed E-state index contributed by atoms with van der Waals surface area (Å²) in [6.07, 6.45) is 3.44. The van der Waals surface area contributed by atoms with Gasteiger partial charge in [-0.1, -0.05) is 0 Å². The van der Waals surface area contributed by atoms with Crippen molar-refractivity contribution in [3.63, 3.8) is 0 Å². The van der Waals surface area contributed by atoms with E-state index in [1.54, 1.807) is 0 Å². The van der Waals surface area contributed by atoms with E-state index in [1.807, 2.05) is 0 Å². The largest absolute Gasteiger partial charge is 0.395 e. The number of aliphatic hydroxyl groups is 1. The van der Waals surface area contributed by atoms with Crippen molar-refractivity contribution in [1.29, 1.82) is 0 Å². The molecule has 0 bridgehead atoms. The van der Waals surface area contributed by atoms with E-state index in [0.29, 0.717) is 12.6 Å². The molecule has 1 atom stereocenters. The van der Waals surface area contributed by atoms with Gasteiger partial charge in [0.05, 0.1) is 6.61 Å². The van der Waals surface area contributed by atoms with E-state index in [9.17, 15) is 0 Å². The quantitative estimate of drug-likeness (QED) is 0.746. The minimum atomic E-state index is 0. The minimum Gasteiger partial charge on any atom is -0.395 e. The lowest BCUT2D eigenvalue weighted by Gasteiger charge is -2.21. The molecule has 0 aromatic heterocycles. The van der Waals surface area contributed by atoms with Gasteiger partial charge in [0.25, 0.3) is 0 Å². The second-order valence-corrected chi connectivity index (χ2v) is 3.16. The van der Waals surface area contributed by atoms with E-state index in [2.05, 4.69) is 4.90 Å². The number of hydrogen-bond acceptors (Lipinski definition) is 3. The standard InChI is InChI=1S/C8H18N2O.2ClH/c9-4-2-6-10-5-1-3-8(10)7-11;;/h8,11H,1-7,9H2;2*1H. The van der Waals surface area contributed by atoms with Gasteiger partial charge >= 0.3 is 0 Å². The van der Waals surface area contributed by atoms with Gasteiger partial charge < -0.3 is 10.8 Å². The fraction of sp³-hybridized carbons (Fsp3) is 1.00. The van der Waals surface area contributed by atoms with Crippen LogP contribution in [0.1, 0.15) is 19.3 Å². The number of nitrogens with two attached hydrogens (primary N) is 1. The Bertz CT molecular complexity index is 116. The maximum absolute atomic E-state index is 8.96. The Morgan fingerprint density at radius 1 is 1.38 bits per heavy atom. The van der Waals surface area contributed by atoms with E-state index in [-0.39, 0.29) is 24.8 Å². The molecule has 3 N–H and O–H groups in total. The average Bonchev–Trinajstić information content (AvgIpc) is 2.47. The van der Waals surface area contributed by atoms with Crippen LogP contribution in [0.2, 0.25) is 0 Å². The van der Waals surface area contributed by atoms with Crippen LogP contribution in [0.4, 0.5) is 0 Å². The Balaban J connectivity index is 0. The van der Waals surface area contributed by atoms with Crippen molar-refractivity contribution in [2.45, 2.75) is 25.3 Å². The molecule has 1 unspecified atom stereocenters. The highest BCUT2D eigenvalue weighted by Gasteiger charge is 2.22. The van der Waals surface area contributed by atoms with Crippen LogP contribution < -0.4 is 5.73 Å². The number of rotatable bonds is 4. The van der Waals surface area contributed by atoms with Crippen LogP contribution >= 0.6 is 24.8 Å². The molecule has 5 heteroatoms. The molecule has 1 fully saturated rings. The molecule has 0 aromatic rings. The number of likely N-dealkylation sites (tertiary alicyclic amines) is 1. The van der Waals surface area contributed by atoms with Gasteiger partial charge in [-0.05, 0) is 38.9 Å². The lowest BCUT2D eigenvalue weighted by atomic mass is 10.2. The van der Waals surface area contributed by atoms with Gasteiger partial charge in [0.1, 0.15) is 0 Å². The van der Waals surface area contributed by atoms with Crippen LogP contribution in [0, 0.1) is 0 Å². The van der Waals surface area contributed by atoms with Gasteiger partial charge in [-0.2, -0.15) is 0 Å². The second kappa shape index (κ2) is 9.03. The van der Waals surface area contributed by atoms with Gasteiger partial charge in [0.2, 0.25) is 0 Å². The van der Waals surface area contributed by atoms with Crippen molar-refractivity contribution in [2.24, 2.45) is 5.73 Å². The number of nitrogens with zero attached hydrogens (tertiary/aromatic N) is 1. The van der Waals surface area contributed by atoms with E-state index < -0.39 is 0 Å². The third-order valence-electron chi connectivity index (χ3n) is 2.36. The molecule has 0 amide bonds. The van der Waals surface area contributed by atoms with E-state index >= 15 is 0 Å². The second-order valence-electron chi connectivity index (χ2n) is 3.16. The summed E-state index contributed by atoms with van der Waals surface area (Å²) in [5, 5.41) is 8.96. The first-order chi connectivity index (χ1) is 5.38. The number of hydrogen-bond donors (Lipinski definition) is 2. The lowest BCUT2D eigenvalue weighted by Crippen LogP contribution is -2.33. The van der Waals surface area contributed by atoms with Gasteiger partial charge in [0, 0.05) is 6.04 Å². The minimum absolute atomic E-state index is 0. The molecule has 0 radical (unpaired) electrons. The van der Waals surface area contributed by atoms with Crippen LogP contribution in [0.5, 0.6) is 0 Å². The zero-order valence-electron chi connectivity index (χ0n) is 7.82.